The van der Waals surface area contributed by atoms with E-state index in [1.54, 1.807) is 18.5 Å². The third-order valence-corrected chi connectivity index (χ3v) is 4.12. The fourth-order valence-electron chi connectivity index (χ4n) is 3.14. The highest BCUT2D eigenvalue weighted by molar-refractivity contribution is 6.03. The summed E-state index contributed by atoms with van der Waals surface area (Å²) in [5, 5.41) is 3.60. The number of halogens is 1. The summed E-state index contributed by atoms with van der Waals surface area (Å²) in [6, 6.07) is 8.57. The predicted molar refractivity (Wildman–Crippen MR) is 82.2 cm³/mol. The van der Waals surface area contributed by atoms with E-state index in [4.69, 9.17) is 0 Å². The van der Waals surface area contributed by atoms with Gasteiger partial charge in [-0.3, -0.25) is 9.78 Å². The summed E-state index contributed by atoms with van der Waals surface area (Å²) in [6.07, 6.45) is 3.37. The average Bonchev–Trinajstić information content (AvgIpc) is 2.91. The highest BCUT2D eigenvalue weighted by atomic mass is 19.1. The van der Waals surface area contributed by atoms with E-state index in [0.717, 1.165) is 22.0 Å². The number of aromatic nitrogens is 2. The van der Waals surface area contributed by atoms with Crippen molar-refractivity contribution in [2.75, 3.05) is 6.54 Å². The second-order valence-corrected chi connectivity index (χ2v) is 5.59. The van der Waals surface area contributed by atoms with Crippen molar-refractivity contribution in [2.45, 2.75) is 13.0 Å². The van der Waals surface area contributed by atoms with Crippen LogP contribution in [0, 0.1) is 5.82 Å². The number of fused-ring (bicyclic) bond motifs is 3. The maximum absolute atomic E-state index is 14.0. The first-order valence-electron chi connectivity index (χ1n) is 7.18. The molecule has 0 aliphatic carbocycles. The summed E-state index contributed by atoms with van der Waals surface area (Å²) < 4.78 is 16.0. The molecule has 22 heavy (non-hydrogen) atoms. The van der Waals surface area contributed by atoms with Crippen LogP contribution in [0.15, 0.2) is 42.7 Å². The Morgan fingerprint density at radius 2 is 2.05 bits per heavy atom. The monoisotopic (exact) mass is 295 g/mol. The van der Waals surface area contributed by atoms with E-state index in [-0.39, 0.29) is 17.8 Å². The molecular weight excluding hydrogens is 281 g/mol. The first-order valence-corrected chi connectivity index (χ1v) is 7.18. The second kappa shape index (κ2) is 4.66. The molecule has 1 unspecified atom stereocenters. The average molecular weight is 295 g/mol. The van der Waals surface area contributed by atoms with Gasteiger partial charge >= 0.3 is 0 Å². The maximum atomic E-state index is 14.0. The van der Waals surface area contributed by atoms with Crippen LogP contribution in [0.1, 0.15) is 23.5 Å². The van der Waals surface area contributed by atoms with Crippen LogP contribution in [-0.2, 0) is 0 Å². The Bertz CT molecular complexity index is 886. The van der Waals surface area contributed by atoms with Crippen LogP contribution in [0.25, 0.3) is 22.0 Å². The number of hydrogen-bond donors (Lipinski definition) is 1. The number of nitrogens with one attached hydrogen (secondary N) is 1. The normalized spacial score (nSPS) is 17.4. The summed E-state index contributed by atoms with van der Waals surface area (Å²) >= 11 is 0. The number of nitrogens with zero attached hydrogens (tertiary/aromatic N) is 2. The number of benzene rings is 1. The standard InChI is InChI=1S/C17H14FN3O/c1-10-9-20-17(22)15-7-12-6-13(18)8-14(16(12)21(10)15)11-2-4-19-5-3-11/h2-8,10H,9H2,1H3,(H,20,22). The molecular formula is C17H14FN3O. The highest BCUT2D eigenvalue weighted by Gasteiger charge is 2.26. The van der Waals surface area contributed by atoms with Crippen molar-refractivity contribution >= 4 is 16.8 Å². The Kier molecular flexibility index (Phi) is 2.76. The molecule has 2 aromatic heterocycles. The van der Waals surface area contributed by atoms with Gasteiger partial charge in [-0.05, 0) is 42.8 Å². The minimum absolute atomic E-state index is 0.115. The molecule has 1 atom stereocenters. The van der Waals surface area contributed by atoms with Crippen molar-refractivity contribution in [3.8, 4) is 11.1 Å². The van der Waals surface area contributed by atoms with Gasteiger partial charge in [0, 0.05) is 35.9 Å². The van der Waals surface area contributed by atoms with Crippen LogP contribution in [0.5, 0.6) is 0 Å². The minimum Gasteiger partial charge on any atom is -0.349 e. The van der Waals surface area contributed by atoms with E-state index in [9.17, 15) is 9.18 Å². The van der Waals surface area contributed by atoms with E-state index in [2.05, 4.69) is 10.3 Å². The summed E-state index contributed by atoms with van der Waals surface area (Å²) in [7, 11) is 0. The van der Waals surface area contributed by atoms with Crippen molar-refractivity contribution in [1.29, 1.82) is 0 Å². The molecule has 0 saturated heterocycles. The molecule has 4 rings (SSSR count). The Balaban J connectivity index is 2.11. The largest absolute Gasteiger partial charge is 0.349 e. The van der Waals surface area contributed by atoms with Gasteiger partial charge in [0.25, 0.3) is 5.91 Å². The molecule has 0 radical (unpaired) electrons. The third kappa shape index (κ3) is 1.82. The molecule has 1 amide bonds. The first-order chi connectivity index (χ1) is 10.6. The number of rotatable bonds is 1. The van der Waals surface area contributed by atoms with Gasteiger partial charge in [-0.15, -0.1) is 0 Å². The van der Waals surface area contributed by atoms with Gasteiger partial charge in [-0.25, -0.2) is 4.39 Å². The number of hydrogen-bond acceptors (Lipinski definition) is 2. The summed E-state index contributed by atoms with van der Waals surface area (Å²) in [4.78, 5) is 16.1. The Morgan fingerprint density at radius 1 is 1.27 bits per heavy atom. The van der Waals surface area contributed by atoms with Crippen molar-refractivity contribution in [3.05, 3.63) is 54.2 Å². The molecule has 0 spiro atoms. The molecule has 1 aliphatic rings. The lowest BCUT2D eigenvalue weighted by atomic mass is 10.0. The van der Waals surface area contributed by atoms with Crippen LogP contribution in [0.4, 0.5) is 4.39 Å². The fourth-order valence-corrected chi connectivity index (χ4v) is 3.14. The third-order valence-electron chi connectivity index (χ3n) is 4.12. The van der Waals surface area contributed by atoms with Gasteiger partial charge in [0.15, 0.2) is 0 Å². The smallest absolute Gasteiger partial charge is 0.268 e. The van der Waals surface area contributed by atoms with Crippen LogP contribution in [0.2, 0.25) is 0 Å². The SMILES string of the molecule is CC1CNC(=O)c2cc3cc(F)cc(-c4ccncc4)c3n21. The zero-order chi connectivity index (χ0) is 15.3. The molecule has 1 N–H and O–H groups in total. The number of carbonyl (C=O) groups excluding carboxylic acids is 1. The molecule has 0 fully saturated rings. The van der Waals surface area contributed by atoms with Crippen molar-refractivity contribution in [3.63, 3.8) is 0 Å². The van der Waals surface area contributed by atoms with E-state index in [1.165, 1.54) is 12.1 Å². The van der Waals surface area contributed by atoms with Crippen LogP contribution >= 0.6 is 0 Å². The van der Waals surface area contributed by atoms with E-state index < -0.39 is 0 Å². The number of amides is 1. The molecule has 3 heterocycles. The molecule has 0 saturated carbocycles. The summed E-state index contributed by atoms with van der Waals surface area (Å²) in [5.74, 6) is -0.425. The molecule has 110 valence electrons. The molecule has 5 heteroatoms. The van der Waals surface area contributed by atoms with Gasteiger partial charge < -0.3 is 9.88 Å². The van der Waals surface area contributed by atoms with E-state index in [0.29, 0.717) is 12.2 Å². The maximum Gasteiger partial charge on any atom is 0.268 e. The lowest BCUT2D eigenvalue weighted by Crippen LogP contribution is -2.37. The molecule has 3 aromatic rings. The van der Waals surface area contributed by atoms with E-state index >= 15 is 0 Å². The quantitative estimate of drug-likeness (QED) is 0.749. The van der Waals surface area contributed by atoms with Gasteiger partial charge in [0.05, 0.1) is 5.52 Å². The number of pyridine rings is 1. The minimum atomic E-state index is -0.310. The summed E-state index contributed by atoms with van der Waals surface area (Å²) in [6.45, 7) is 2.62. The van der Waals surface area contributed by atoms with Crippen LogP contribution in [-0.4, -0.2) is 22.0 Å². The topological polar surface area (TPSA) is 46.9 Å². The lowest BCUT2D eigenvalue weighted by Gasteiger charge is -2.25. The molecule has 1 aromatic carbocycles. The predicted octanol–water partition coefficient (Wildman–Crippen LogP) is 3.15. The zero-order valence-corrected chi connectivity index (χ0v) is 12.0. The summed E-state index contributed by atoms with van der Waals surface area (Å²) in [5.41, 5.74) is 3.14. The zero-order valence-electron chi connectivity index (χ0n) is 12.0. The molecule has 0 bridgehead atoms. The van der Waals surface area contributed by atoms with Crippen molar-refractivity contribution in [2.24, 2.45) is 0 Å². The second-order valence-electron chi connectivity index (χ2n) is 5.59. The van der Waals surface area contributed by atoms with Gasteiger partial charge in [0.2, 0.25) is 0 Å². The van der Waals surface area contributed by atoms with E-state index in [1.807, 2.05) is 23.6 Å². The van der Waals surface area contributed by atoms with Crippen LogP contribution in [0.3, 0.4) is 0 Å². The highest BCUT2D eigenvalue weighted by Crippen LogP contribution is 2.35. The van der Waals surface area contributed by atoms with Crippen molar-refractivity contribution < 1.29 is 9.18 Å². The molecule has 4 nitrogen and oxygen atoms in total. The van der Waals surface area contributed by atoms with Crippen molar-refractivity contribution in [1.82, 2.24) is 14.9 Å². The van der Waals surface area contributed by atoms with Crippen LogP contribution < -0.4 is 5.32 Å². The van der Waals surface area contributed by atoms with Gasteiger partial charge in [-0.1, -0.05) is 0 Å². The Labute approximate surface area is 126 Å². The Hall–Kier alpha value is -2.69. The first kappa shape index (κ1) is 13.0. The van der Waals surface area contributed by atoms with Gasteiger partial charge in [-0.2, -0.15) is 0 Å². The fraction of sp³-hybridized carbons (Fsp3) is 0.176. The number of carbonyl (C=O) groups is 1. The lowest BCUT2D eigenvalue weighted by molar-refractivity contribution is 0.0919. The Morgan fingerprint density at radius 3 is 2.82 bits per heavy atom. The van der Waals surface area contributed by atoms with Gasteiger partial charge in [0.1, 0.15) is 11.5 Å². The molecule has 1 aliphatic heterocycles.